The van der Waals surface area contributed by atoms with Crippen LogP contribution in [0.15, 0.2) is 30.3 Å². The SMILES string of the molecule is Cc1nn(-c2ccccc2)c(C)c1CCO. The van der Waals surface area contributed by atoms with Crippen molar-refractivity contribution in [2.24, 2.45) is 0 Å². The van der Waals surface area contributed by atoms with Crippen LogP contribution in [0, 0.1) is 13.8 Å². The molecular weight excluding hydrogens is 200 g/mol. The molecule has 0 saturated carbocycles. The average molecular weight is 216 g/mol. The predicted molar refractivity (Wildman–Crippen MR) is 63.8 cm³/mol. The van der Waals surface area contributed by atoms with Gasteiger partial charge in [0.1, 0.15) is 0 Å². The van der Waals surface area contributed by atoms with E-state index >= 15 is 0 Å². The van der Waals surface area contributed by atoms with E-state index in [4.69, 9.17) is 5.11 Å². The van der Waals surface area contributed by atoms with Gasteiger partial charge in [0.25, 0.3) is 0 Å². The van der Waals surface area contributed by atoms with Crippen LogP contribution in [0.2, 0.25) is 0 Å². The molecule has 2 rings (SSSR count). The van der Waals surface area contributed by atoms with Gasteiger partial charge in [0.05, 0.1) is 11.4 Å². The summed E-state index contributed by atoms with van der Waals surface area (Å²) >= 11 is 0. The maximum absolute atomic E-state index is 9.01. The van der Waals surface area contributed by atoms with Crippen LogP contribution in [-0.2, 0) is 6.42 Å². The van der Waals surface area contributed by atoms with Gasteiger partial charge >= 0.3 is 0 Å². The molecule has 0 bridgehead atoms. The van der Waals surface area contributed by atoms with Crippen molar-refractivity contribution in [3.8, 4) is 5.69 Å². The molecule has 0 aliphatic carbocycles. The maximum atomic E-state index is 9.01. The van der Waals surface area contributed by atoms with Crippen molar-refractivity contribution in [1.29, 1.82) is 0 Å². The number of aromatic nitrogens is 2. The molecule has 1 aromatic heterocycles. The molecular formula is C13H16N2O. The summed E-state index contributed by atoms with van der Waals surface area (Å²) in [6.45, 7) is 4.19. The number of aliphatic hydroxyl groups is 1. The van der Waals surface area contributed by atoms with Gasteiger partial charge in [0.15, 0.2) is 0 Å². The highest BCUT2D eigenvalue weighted by Gasteiger charge is 2.11. The number of benzene rings is 1. The third-order valence-corrected chi connectivity index (χ3v) is 2.80. The Morgan fingerprint density at radius 3 is 2.50 bits per heavy atom. The number of rotatable bonds is 3. The van der Waals surface area contributed by atoms with Crippen molar-refractivity contribution in [1.82, 2.24) is 9.78 Å². The summed E-state index contributed by atoms with van der Waals surface area (Å²) in [5, 5.41) is 13.5. The van der Waals surface area contributed by atoms with Gasteiger partial charge in [-0.3, -0.25) is 0 Å². The van der Waals surface area contributed by atoms with Crippen LogP contribution >= 0.6 is 0 Å². The van der Waals surface area contributed by atoms with Crippen LogP contribution < -0.4 is 0 Å². The lowest BCUT2D eigenvalue weighted by molar-refractivity contribution is 0.299. The Hall–Kier alpha value is -1.61. The number of nitrogens with zero attached hydrogens (tertiary/aromatic N) is 2. The lowest BCUT2D eigenvalue weighted by atomic mass is 10.1. The summed E-state index contributed by atoms with van der Waals surface area (Å²) in [7, 11) is 0. The van der Waals surface area contributed by atoms with E-state index < -0.39 is 0 Å². The lowest BCUT2D eigenvalue weighted by Crippen LogP contribution is -1.99. The number of aryl methyl sites for hydroxylation is 1. The van der Waals surface area contributed by atoms with Crippen molar-refractivity contribution >= 4 is 0 Å². The van der Waals surface area contributed by atoms with Gasteiger partial charge in [-0.05, 0) is 38.0 Å². The summed E-state index contributed by atoms with van der Waals surface area (Å²) in [5.74, 6) is 0. The second-order valence-electron chi connectivity index (χ2n) is 3.87. The number of hydrogen-bond acceptors (Lipinski definition) is 2. The molecule has 0 spiro atoms. The molecule has 0 aliphatic rings. The standard InChI is InChI=1S/C13H16N2O/c1-10-13(8-9-16)11(2)15(14-10)12-6-4-3-5-7-12/h3-7,16H,8-9H2,1-2H3. The van der Waals surface area contributed by atoms with E-state index in [-0.39, 0.29) is 6.61 Å². The fraction of sp³-hybridized carbons (Fsp3) is 0.308. The molecule has 16 heavy (non-hydrogen) atoms. The fourth-order valence-electron chi connectivity index (χ4n) is 1.97. The monoisotopic (exact) mass is 216 g/mol. The maximum Gasteiger partial charge on any atom is 0.0648 e. The van der Waals surface area contributed by atoms with Gasteiger partial charge in [0, 0.05) is 12.3 Å². The number of hydrogen-bond donors (Lipinski definition) is 1. The molecule has 1 aromatic carbocycles. The van der Waals surface area contributed by atoms with Gasteiger partial charge in [0.2, 0.25) is 0 Å². The molecule has 0 saturated heterocycles. The van der Waals surface area contributed by atoms with Crippen LogP contribution in [0.4, 0.5) is 0 Å². The molecule has 1 heterocycles. The highest BCUT2D eigenvalue weighted by atomic mass is 16.2. The van der Waals surface area contributed by atoms with Crippen LogP contribution in [0.3, 0.4) is 0 Å². The van der Waals surface area contributed by atoms with Crippen molar-refractivity contribution < 1.29 is 5.11 Å². The van der Waals surface area contributed by atoms with E-state index in [1.807, 2.05) is 48.9 Å². The van der Waals surface area contributed by atoms with Gasteiger partial charge in [-0.25, -0.2) is 4.68 Å². The first-order valence-electron chi connectivity index (χ1n) is 5.45. The van der Waals surface area contributed by atoms with Crippen molar-refractivity contribution in [2.75, 3.05) is 6.61 Å². The van der Waals surface area contributed by atoms with Gasteiger partial charge in [-0.2, -0.15) is 5.10 Å². The van der Waals surface area contributed by atoms with Crippen molar-refractivity contribution in [2.45, 2.75) is 20.3 Å². The second kappa shape index (κ2) is 4.49. The molecule has 3 heteroatoms. The first-order valence-corrected chi connectivity index (χ1v) is 5.45. The van der Waals surface area contributed by atoms with Crippen LogP contribution in [0.1, 0.15) is 17.0 Å². The molecule has 0 aliphatic heterocycles. The predicted octanol–water partition coefficient (Wildman–Crippen LogP) is 2.02. The molecule has 0 fully saturated rings. The summed E-state index contributed by atoms with van der Waals surface area (Å²) in [4.78, 5) is 0. The molecule has 2 aromatic rings. The minimum absolute atomic E-state index is 0.169. The molecule has 84 valence electrons. The summed E-state index contributed by atoms with van der Waals surface area (Å²) < 4.78 is 1.93. The Balaban J connectivity index is 2.47. The van der Waals surface area contributed by atoms with Gasteiger partial charge in [-0.15, -0.1) is 0 Å². The van der Waals surface area contributed by atoms with E-state index in [1.54, 1.807) is 0 Å². The third kappa shape index (κ3) is 1.86. The van der Waals surface area contributed by atoms with Crippen LogP contribution in [0.25, 0.3) is 5.69 Å². The molecule has 0 unspecified atom stereocenters. The lowest BCUT2D eigenvalue weighted by Gasteiger charge is -2.04. The smallest absolute Gasteiger partial charge is 0.0648 e. The zero-order chi connectivity index (χ0) is 11.5. The zero-order valence-electron chi connectivity index (χ0n) is 9.64. The highest BCUT2D eigenvalue weighted by molar-refractivity contribution is 5.36. The third-order valence-electron chi connectivity index (χ3n) is 2.80. The Bertz CT molecular complexity index is 474. The minimum Gasteiger partial charge on any atom is -0.396 e. The average Bonchev–Trinajstić information content (AvgIpc) is 2.59. The molecule has 1 N–H and O–H groups in total. The summed E-state index contributed by atoms with van der Waals surface area (Å²) in [6, 6.07) is 10.0. The highest BCUT2D eigenvalue weighted by Crippen LogP contribution is 2.17. The zero-order valence-corrected chi connectivity index (χ0v) is 9.64. The molecule has 0 atom stereocenters. The molecule has 0 radical (unpaired) electrons. The first-order chi connectivity index (χ1) is 7.74. The van der Waals surface area contributed by atoms with Crippen LogP contribution in [-0.4, -0.2) is 21.5 Å². The molecule has 0 amide bonds. The first kappa shape index (κ1) is 10.9. The Morgan fingerprint density at radius 2 is 1.88 bits per heavy atom. The largest absolute Gasteiger partial charge is 0.396 e. The van der Waals surface area contributed by atoms with E-state index in [2.05, 4.69) is 5.10 Å². The Kier molecular flexibility index (Phi) is 3.06. The van der Waals surface area contributed by atoms with Crippen molar-refractivity contribution in [3.63, 3.8) is 0 Å². The van der Waals surface area contributed by atoms with Gasteiger partial charge < -0.3 is 5.11 Å². The van der Waals surface area contributed by atoms with Gasteiger partial charge in [-0.1, -0.05) is 18.2 Å². The Labute approximate surface area is 95.3 Å². The fourth-order valence-corrected chi connectivity index (χ4v) is 1.97. The van der Waals surface area contributed by atoms with E-state index in [0.29, 0.717) is 6.42 Å². The summed E-state index contributed by atoms with van der Waals surface area (Å²) in [6.07, 6.45) is 0.671. The Morgan fingerprint density at radius 1 is 1.19 bits per heavy atom. The number of para-hydroxylation sites is 1. The second-order valence-corrected chi connectivity index (χ2v) is 3.87. The van der Waals surface area contributed by atoms with E-state index in [1.165, 1.54) is 0 Å². The number of aliphatic hydroxyl groups excluding tert-OH is 1. The van der Waals surface area contributed by atoms with E-state index in [9.17, 15) is 0 Å². The van der Waals surface area contributed by atoms with Crippen molar-refractivity contribution in [3.05, 3.63) is 47.3 Å². The topological polar surface area (TPSA) is 38.0 Å². The summed E-state index contributed by atoms with van der Waals surface area (Å²) in [5.41, 5.74) is 4.31. The van der Waals surface area contributed by atoms with E-state index in [0.717, 1.165) is 22.6 Å². The minimum atomic E-state index is 0.169. The normalized spacial score (nSPS) is 10.7. The van der Waals surface area contributed by atoms with Crippen LogP contribution in [0.5, 0.6) is 0 Å². The quantitative estimate of drug-likeness (QED) is 0.852. The molecule has 3 nitrogen and oxygen atoms in total.